The number of nitrogens with zero attached hydrogens (tertiary/aromatic N) is 2. The lowest BCUT2D eigenvalue weighted by atomic mass is 9.84. The molecule has 4 nitrogen and oxygen atoms in total. The highest BCUT2D eigenvalue weighted by molar-refractivity contribution is 7.17. The number of aromatic nitrogens is 1. The van der Waals surface area contributed by atoms with Gasteiger partial charge in [-0.3, -0.25) is 0 Å². The molecule has 5 heteroatoms. The van der Waals surface area contributed by atoms with Gasteiger partial charge in [-0.05, 0) is 23.5 Å². The van der Waals surface area contributed by atoms with Crippen molar-refractivity contribution in [1.82, 2.24) is 4.98 Å². The van der Waals surface area contributed by atoms with Crippen LogP contribution in [0.25, 0.3) is 0 Å². The van der Waals surface area contributed by atoms with Gasteiger partial charge in [-0.25, -0.2) is 4.98 Å². The number of hydrogen-bond donors (Lipinski definition) is 2. The summed E-state index contributed by atoms with van der Waals surface area (Å²) in [6, 6.07) is 20.6. The maximum absolute atomic E-state index is 9.47. The van der Waals surface area contributed by atoms with Crippen LogP contribution in [0.5, 0.6) is 0 Å². The second-order valence-corrected chi connectivity index (χ2v) is 7.20. The third-order valence-electron chi connectivity index (χ3n) is 4.52. The topological polar surface area (TPSA) is 57.5 Å². The summed E-state index contributed by atoms with van der Waals surface area (Å²) in [6.45, 7) is 0.737. The van der Waals surface area contributed by atoms with Crippen LogP contribution in [0, 0.1) is 0 Å². The van der Waals surface area contributed by atoms with Crippen LogP contribution in [0.15, 0.2) is 65.8 Å². The fourth-order valence-corrected chi connectivity index (χ4v) is 4.23. The Morgan fingerprint density at radius 3 is 2.48 bits per heavy atom. The molecule has 3 aromatic rings. The standard InChI is InChI=1S/C20H19N3OS/c24-23-18-12-16(15-9-5-2-6-10-15)11-17-19(18)25-20(22-17)21-13-14-7-3-1-4-8-14/h1-10,16,24H,11-13H2,(H,21,22). The van der Waals surface area contributed by atoms with Crippen molar-refractivity contribution in [3.05, 3.63) is 82.4 Å². The first-order chi connectivity index (χ1) is 12.3. The number of anilines is 1. The molecule has 0 aliphatic heterocycles. The van der Waals surface area contributed by atoms with Gasteiger partial charge in [0.25, 0.3) is 0 Å². The fraction of sp³-hybridized carbons (Fsp3) is 0.200. The molecule has 1 atom stereocenters. The van der Waals surface area contributed by atoms with E-state index >= 15 is 0 Å². The van der Waals surface area contributed by atoms with E-state index in [9.17, 15) is 5.21 Å². The molecule has 0 radical (unpaired) electrons. The Morgan fingerprint density at radius 1 is 1.04 bits per heavy atom. The third kappa shape index (κ3) is 3.42. The lowest BCUT2D eigenvalue weighted by Crippen LogP contribution is -2.18. The van der Waals surface area contributed by atoms with Gasteiger partial charge >= 0.3 is 0 Å². The lowest BCUT2D eigenvalue weighted by Gasteiger charge is -2.22. The SMILES string of the molecule is ON=C1CC(c2ccccc2)Cc2nc(NCc3ccccc3)sc21. The summed E-state index contributed by atoms with van der Waals surface area (Å²) in [7, 11) is 0. The highest BCUT2D eigenvalue weighted by atomic mass is 32.1. The van der Waals surface area contributed by atoms with Crippen LogP contribution in [0.2, 0.25) is 0 Å². The molecule has 1 aromatic heterocycles. The predicted molar refractivity (Wildman–Crippen MR) is 102 cm³/mol. The lowest BCUT2D eigenvalue weighted by molar-refractivity contribution is 0.317. The van der Waals surface area contributed by atoms with Crippen LogP contribution < -0.4 is 5.32 Å². The van der Waals surface area contributed by atoms with Gasteiger partial charge in [-0.15, -0.1) is 0 Å². The van der Waals surface area contributed by atoms with Gasteiger partial charge in [-0.1, -0.05) is 77.2 Å². The summed E-state index contributed by atoms with van der Waals surface area (Å²) in [5, 5.41) is 17.3. The van der Waals surface area contributed by atoms with E-state index in [1.165, 1.54) is 11.1 Å². The van der Waals surface area contributed by atoms with Crippen LogP contribution in [0.1, 0.15) is 34.0 Å². The second-order valence-electron chi connectivity index (χ2n) is 6.20. The molecule has 0 bridgehead atoms. The van der Waals surface area contributed by atoms with Gasteiger partial charge in [0.2, 0.25) is 0 Å². The van der Waals surface area contributed by atoms with Crippen molar-refractivity contribution in [3.8, 4) is 0 Å². The number of fused-ring (bicyclic) bond motifs is 1. The summed E-state index contributed by atoms with van der Waals surface area (Å²) in [4.78, 5) is 5.76. The molecule has 1 heterocycles. The molecule has 4 rings (SSSR count). The van der Waals surface area contributed by atoms with E-state index < -0.39 is 0 Å². The highest BCUT2D eigenvalue weighted by Gasteiger charge is 2.28. The summed E-state index contributed by atoms with van der Waals surface area (Å²) < 4.78 is 0. The Hall–Kier alpha value is -2.66. The first kappa shape index (κ1) is 15.8. The minimum atomic E-state index is 0.309. The van der Waals surface area contributed by atoms with E-state index in [-0.39, 0.29) is 0 Å². The number of hydrogen-bond acceptors (Lipinski definition) is 5. The van der Waals surface area contributed by atoms with Crippen LogP contribution >= 0.6 is 11.3 Å². The predicted octanol–water partition coefficient (Wildman–Crippen LogP) is 4.66. The van der Waals surface area contributed by atoms with Crippen molar-refractivity contribution < 1.29 is 5.21 Å². The zero-order chi connectivity index (χ0) is 17.1. The quantitative estimate of drug-likeness (QED) is 0.532. The first-order valence-corrected chi connectivity index (χ1v) is 9.19. The van der Waals surface area contributed by atoms with E-state index in [4.69, 9.17) is 4.98 Å². The van der Waals surface area contributed by atoms with Crippen molar-refractivity contribution in [2.75, 3.05) is 5.32 Å². The molecule has 0 saturated heterocycles. The van der Waals surface area contributed by atoms with Gasteiger partial charge in [0, 0.05) is 13.0 Å². The summed E-state index contributed by atoms with van der Waals surface area (Å²) in [6.07, 6.45) is 1.62. The molecule has 1 aliphatic rings. The number of thiazole rings is 1. The van der Waals surface area contributed by atoms with Crippen molar-refractivity contribution in [2.45, 2.75) is 25.3 Å². The molecule has 2 aromatic carbocycles. The van der Waals surface area contributed by atoms with Crippen LogP contribution in [0.3, 0.4) is 0 Å². The number of oxime groups is 1. The van der Waals surface area contributed by atoms with Crippen molar-refractivity contribution in [1.29, 1.82) is 0 Å². The van der Waals surface area contributed by atoms with Crippen LogP contribution in [0.4, 0.5) is 5.13 Å². The molecule has 0 fully saturated rings. The van der Waals surface area contributed by atoms with Gasteiger partial charge in [-0.2, -0.15) is 0 Å². The smallest absolute Gasteiger partial charge is 0.183 e. The zero-order valence-corrected chi connectivity index (χ0v) is 14.5. The van der Waals surface area contributed by atoms with E-state index in [0.29, 0.717) is 5.92 Å². The van der Waals surface area contributed by atoms with Gasteiger partial charge in [0.1, 0.15) is 0 Å². The molecule has 2 N–H and O–H groups in total. The van der Waals surface area contributed by atoms with Crippen molar-refractivity contribution in [2.24, 2.45) is 5.16 Å². The largest absolute Gasteiger partial charge is 0.411 e. The molecule has 0 saturated carbocycles. The van der Waals surface area contributed by atoms with Crippen molar-refractivity contribution in [3.63, 3.8) is 0 Å². The van der Waals surface area contributed by atoms with Gasteiger partial charge < -0.3 is 10.5 Å². The van der Waals surface area contributed by atoms with E-state index in [0.717, 1.165) is 40.8 Å². The Morgan fingerprint density at radius 2 is 1.76 bits per heavy atom. The highest BCUT2D eigenvalue weighted by Crippen LogP contribution is 2.37. The molecule has 0 spiro atoms. The Kier molecular flexibility index (Phi) is 4.48. The monoisotopic (exact) mass is 349 g/mol. The van der Waals surface area contributed by atoms with Crippen LogP contribution in [-0.2, 0) is 13.0 Å². The summed E-state index contributed by atoms with van der Waals surface area (Å²) in [5.41, 5.74) is 4.24. The molecular weight excluding hydrogens is 330 g/mol. The number of nitrogens with one attached hydrogen (secondary N) is 1. The Labute approximate surface area is 150 Å². The fourth-order valence-electron chi connectivity index (χ4n) is 3.24. The average Bonchev–Trinajstić information content (AvgIpc) is 3.10. The Bertz CT molecular complexity index is 874. The average molecular weight is 349 g/mol. The number of benzene rings is 2. The van der Waals surface area contributed by atoms with Gasteiger partial charge in [0.05, 0.1) is 16.3 Å². The first-order valence-electron chi connectivity index (χ1n) is 8.37. The Balaban J connectivity index is 1.55. The third-order valence-corrected chi connectivity index (χ3v) is 5.62. The minimum Gasteiger partial charge on any atom is -0.411 e. The van der Waals surface area contributed by atoms with E-state index in [1.807, 2.05) is 24.3 Å². The molecular formula is C20H19N3OS. The normalized spacial score (nSPS) is 18.1. The summed E-state index contributed by atoms with van der Waals surface area (Å²) >= 11 is 1.57. The zero-order valence-electron chi connectivity index (χ0n) is 13.7. The number of rotatable bonds is 4. The molecule has 25 heavy (non-hydrogen) atoms. The van der Waals surface area contributed by atoms with E-state index in [2.05, 4.69) is 46.9 Å². The molecule has 0 amide bonds. The second kappa shape index (κ2) is 7.07. The molecule has 1 aliphatic carbocycles. The van der Waals surface area contributed by atoms with E-state index in [1.54, 1.807) is 11.3 Å². The molecule has 126 valence electrons. The van der Waals surface area contributed by atoms with Crippen LogP contribution in [-0.4, -0.2) is 15.9 Å². The van der Waals surface area contributed by atoms with Gasteiger partial charge in [0.15, 0.2) is 5.13 Å². The van der Waals surface area contributed by atoms with Crippen molar-refractivity contribution >= 4 is 22.2 Å². The maximum atomic E-state index is 9.47. The molecule has 1 unspecified atom stereocenters. The summed E-state index contributed by atoms with van der Waals surface area (Å²) in [5.74, 6) is 0.309. The minimum absolute atomic E-state index is 0.309. The maximum Gasteiger partial charge on any atom is 0.183 e.